The van der Waals surface area contributed by atoms with E-state index < -0.39 is 10.8 Å². The van der Waals surface area contributed by atoms with Crippen LogP contribution in [0.3, 0.4) is 0 Å². The number of nitro benzene ring substituents is 1. The Kier molecular flexibility index (Phi) is 5.87. The van der Waals surface area contributed by atoms with Gasteiger partial charge in [0.05, 0.1) is 40.0 Å². The lowest BCUT2D eigenvalue weighted by molar-refractivity contribution is -0.384. The number of nitro groups is 1. The van der Waals surface area contributed by atoms with E-state index >= 15 is 0 Å². The lowest BCUT2D eigenvalue weighted by Gasteiger charge is -2.30. The number of ether oxygens (including phenoxy) is 1. The maximum Gasteiger partial charge on any atom is 0.270 e. The molecule has 4 aromatic rings. The van der Waals surface area contributed by atoms with Crippen molar-refractivity contribution in [3.8, 4) is 11.5 Å². The summed E-state index contributed by atoms with van der Waals surface area (Å²) in [5, 5.41) is 14.6. The Morgan fingerprint density at radius 3 is 2.65 bits per heavy atom. The van der Waals surface area contributed by atoms with Gasteiger partial charge in [-0.15, -0.1) is 0 Å². The predicted octanol–water partition coefficient (Wildman–Crippen LogP) is 5.15. The third-order valence-corrected chi connectivity index (χ3v) is 5.87. The van der Waals surface area contributed by atoms with Crippen molar-refractivity contribution in [1.82, 2.24) is 4.98 Å². The quantitative estimate of drug-likeness (QED) is 0.312. The van der Waals surface area contributed by atoms with E-state index in [0.717, 1.165) is 0 Å². The SMILES string of the molecule is O=C(Nc1ccc(Cl)c(-c2nc3ccccc3o2)c1)c1cc([N+](=O)[O-])ccc1N1CCOCC1. The molecule has 0 saturated carbocycles. The van der Waals surface area contributed by atoms with E-state index in [0.29, 0.717) is 65.3 Å². The highest BCUT2D eigenvalue weighted by Gasteiger charge is 2.23. The highest BCUT2D eigenvalue weighted by Crippen LogP contribution is 2.33. The summed E-state index contributed by atoms with van der Waals surface area (Å²) >= 11 is 6.39. The molecule has 1 aromatic heterocycles. The Morgan fingerprint density at radius 2 is 1.88 bits per heavy atom. The third-order valence-electron chi connectivity index (χ3n) is 5.54. The third kappa shape index (κ3) is 4.30. The molecule has 172 valence electrons. The number of fused-ring (bicyclic) bond motifs is 1. The van der Waals surface area contributed by atoms with Crippen molar-refractivity contribution in [1.29, 1.82) is 0 Å². The molecule has 10 heteroatoms. The smallest absolute Gasteiger partial charge is 0.270 e. The van der Waals surface area contributed by atoms with Crippen LogP contribution >= 0.6 is 11.6 Å². The normalized spacial score (nSPS) is 13.7. The number of nitrogens with one attached hydrogen (secondary N) is 1. The number of benzene rings is 3. The predicted molar refractivity (Wildman–Crippen MR) is 129 cm³/mol. The average Bonchev–Trinajstić information content (AvgIpc) is 3.29. The number of aromatic nitrogens is 1. The van der Waals surface area contributed by atoms with Crippen molar-refractivity contribution in [2.24, 2.45) is 0 Å². The second-order valence-corrected chi connectivity index (χ2v) is 8.10. The van der Waals surface area contributed by atoms with E-state index in [1.165, 1.54) is 12.1 Å². The number of amides is 1. The summed E-state index contributed by atoms with van der Waals surface area (Å²) in [6.07, 6.45) is 0. The number of carbonyl (C=O) groups excluding carboxylic acids is 1. The molecule has 0 atom stereocenters. The number of rotatable bonds is 5. The molecule has 0 bridgehead atoms. The standard InChI is InChI=1S/C24H19ClN4O5/c25-19-7-5-15(13-17(19)24-27-20-3-1-2-4-22(20)34-24)26-23(30)18-14-16(29(31)32)6-8-21(18)28-9-11-33-12-10-28/h1-8,13-14H,9-12H2,(H,26,30). The fourth-order valence-corrected chi connectivity index (χ4v) is 4.05. The number of nitrogens with zero attached hydrogens (tertiary/aromatic N) is 3. The molecule has 1 saturated heterocycles. The number of oxazole rings is 1. The molecule has 5 rings (SSSR count). The second kappa shape index (κ2) is 9.12. The number of para-hydroxylation sites is 2. The molecule has 1 fully saturated rings. The minimum Gasteiger partial charge on any atom is -0.436 e. The first kappa shape index (κ1) is 21.9. The van der Waals surface area contributed by atoms with E-state index in [1.54, 1.807) is 30.3 Å². The molecule has 0 unspecified atom stereocenters. The molecule has 1 N–H and O–H groups in total. The van der Waals surface area contributed by atoms with Crippen molar-refractivity contribution in [2.75, 3.05) is 36.5 Å². The number of halogens is 1. The molecule has 1 amide bonds. The van der Waals surface area contributed by atoms with Crippen LogP contribution in [0.25, 0.3) is 22.6 Å². The van der Waals surface area contributed by atoms with Gasteiger partial charge in [0.15, 0.2) is 5.58 Å². The molecule has 3 aromatic carbocycles. The molecule has 34 heavy (non-hydrogen) atoms. The van der Waals surface area contributed by atoms with Crippen LogP contribution in [0.15, 0.2) is 65.1 Å². The number of hydrogen-bond acceptors (Lipinski definition) is 7. The van der Waals surface area contributed by atoms with Crippen LogP contribution in [-0.2, 0) is 4.74 Å². The van der Waals surface area contributed by atoms with Gasteiger partial charge in [-0.05, 0) is 36.4 Å². The Labute approximate surface area is 199 Å². The van der Waals surface area contributed by atoms with Crippen LogP contribution in [0.5, 0.6) is 0 Å². The first-order valence-electron chi connectivity index (χ1n) is 10.6. The molecule has 1 aliphatic rings. The van der Waals surface area contributed by atoms with Gasteiger partial charge < -0.3 is 19.4 Å². The van der Waals surface area contributed by atoms with E-state index in [9.17, 15) is 14.9 Å². The van der Waals surface area contributed by atoms with Gasteiger partial charge in [-0.3, -0.25) is 14.9 Å². The van der Waals surface area contributed by atoms with Gasteiger partial charge in [-0.1, -0.05) is 23.7 Å². The molecule has 2 heterocycles. The summed E-state index contributed by atoms with van der Waals surface area (Å²) in [6.45, 7) is 2.20. The first-order chi connectivity index (χ1) is 16.5. The lowest BCUT2D eigenvalue weighted by atomic mass is 10.1. The highest BCUT2D eigenvalue weighted by atomic mass is 35.5. The zero-order valence-corrected chi connectivity index (χ0v) is 18.6. The monoisotopic (exact) mass is 478 g/mol. The maximum absolute atomic E-state index is 13.3. The van der Waals surface area contributed by atoms with Crippen LogP contribution in [-0.4, -0.2) is 42.1 Å². The zero-order valence-electron chi connectivity index (χ0n) is 17.9. The van der Waals surface area contributed by atoms with Crippen LogP contribution < -0.4 is 10.2 Å². The summed E-state index contributed by atoms with van der Waals surface area (Å²) < 4.78 is 11.2. The minimum atomic E-state index is -0.520. The highest BCUT2D eigenvalue weighted by molar-refractivity contribution is 6.33. The first-order valence-corrected chi connectivity index (χ1v) is 11.0. The number of carbonyl (C=O) groups is 1. The van der Waals surface area contributed by atoms with Crippen molar-refractivity contribution >= 4 is 45.7 Å². The Morgan fingerprint density at radius 1 is 1.09 bits per heavy atom. The molecule has 0 radical (unpaired) electrons. The number of anilines is 2. The Balaban J connectivity index is 1.48. The van der Waals surface area contributed by atoms with Crippen molar-refractivity contribution < 1.29 is 18.9 Å². The molecular formula is C24H19ClN4O5. The van der Waals surface area contributed by atoms with Crippen molar-refractivity contribution in [2.45, 2.75) is 0 Å². The minimum absolute atomic E-state index is 0.162. The van der Waals surface area contributed by atoms with Crippen LogP contribution in [0, 0.1) is 10.1 Å². The molecule has 9 nitrogen and oxygen atoms in total. The van der Waals surface area contributed by atoms with Gasteiger partial charge in [0, 0.05) is 30.9 Å². The molecule has 1 aliphatic heterocycles. The van der Waals surface area contributed by atoms with E-state index in [2.05, 4.69) is 10.3 Å². The van der Waals surface area contributed by atoms with Crippen molar-refractivity contribution in [3.63, 3.8) is 0 Å². The van der Waals surface area contributed by atoms with Gasteiger partial charge in [-0.25, -0.2) is 4.98 Å². The Bertz CT molecular complexity index is 1360. The summed E-state index contributed by atoms with van der Waals surface area (Å²) in [6, 6.07) is 16.6. The fourth-order valence-electron chi connectivity index (χ4n) is 3.85. The van der Waals surface area contributed by atoms with E-state index in [1.807, 2.05) is 23.1 Å². The van der Waals surface area contributed by atoms with Gasteiger partial charge in [0.25, 0.3) is 11.6 Å². The van der Waals surface area contributed by atoms with E-state index in [-0.39, 0.29) is 11.3 Å². The van der Waals surface area contributed by atoms with Gasteiger partial charge in [0.1, 0.15) is 5.52 Å². The molecular weight excluding hydrogens is 460 g/mol. The number of hydrogen-bond donors (Lipinski definition) is 1. The second-order valence-electron chi connectivity index (χ2n) is 7.69. The van der Waals surface area contributed by atoms with Crippen molar-refractivity contribution in [3.05, 3.63) is 81.4 Å². The van der Waals surface area contributed by atoms with E-state index in [4.69, 9.17) is 20.8 Å². The van der Waals surface area contributed by atoms with Gasteiger partial charge in [0.2, 0.25) is 5.89 Å². The Hall–Kier alpha value is -3.95. The topological polar surface area (TPSA) is 111 Å². The fraction of sp³-hybridized carbons (Fsp3) is 0.167. The average molecular weight is 479 g/mol. The summed E-state index contributed by atoms with van der Waals surface area (Å²) in [5.41, 5.74) is 2.93. The largest absolute Gasteiger partial charge is 0.436 e. The summed E-state index contributed by atoms with van der Waals surface area (Å²) in [7, 11) is 0. The van der Waals surface area contributed by atoms with Crippen LogP contribution in [0.4, 0.5) is 17.1 Å². The zero-order chi connectivity index (χ0) is 23.7. The number of morpholine rings is 1. The molecule has 0 spiro atoms. The lowest BCUT2D eigenvalue weighted by Crippen LogP contribution is -2.37. The van der Waals surface area contributed by atoms with Crippen LogP contribution in [0.2, 0.25) is 5.02 Å². The van der Waals surface area contributed by atoms with Gasteiger partial charge >= 0.3 is 0 Å². The van der Waals surface area contributed by atoms with Crippen LogP contribution in [0.1, 0.15) is 10.4 Å². The maximum atomic E-state index is 13.3. The van der Waals surface area contributed by atoms with Gasteiger partial charge in [-0.2, -0.15) is 0 Å². The number of non-ortho nitro benzene ring substituents is 1. The molecule has 0 aliphatic carbocycles. The summed E-state index contributed by atoms with van der Waals surface area (Å²) in [4.78, 5) is 30.5. The summed E-state index contributed by atoms with van der Waals surface area (Å²) in [5.74, 6) is -0.150.